The standard InChI is InChI=1S/C11H22AsNO4/c1-5-16-9(14)8-13-7-6-12-10(15)17-11(2,3)4/h12-13H,5-8H2,1-4H3. The Morgan fingerprint density at radius 1 is 1.29 bits per heavy atom. The van der Waals surface area contributed by atoms with Crippen molar-refractivity contribution in [1.29, 1.82) is 0 Å². The molecule has 0 saturated heterocycles. The summed E-state index contributed by atoms with van der Waals surface area (Å²) in [4.78, 5) is 22.3. The van der Waals surface area contributed by atoms with Crippen LogP contribution in [0.5, 0.6) is 0 Å². The second-order valence-electron chi connectivity index (χ2n) is 4.41. The van der Waals surface area contributed by atoms with Gasteiger partial charge in [0.05, 0.1) is 0 Å². The van der Waals surface area contributed by atoms with Gasteiger partial charge in [0, 0.05) is 0 Å². The molecule has 0 fully saturated rings. The minimum atomic E-state index is -0.753. The van der Waals surface area contributed by atoms with Crippen molar-refractivity contribution in [1.82, 2.24) is 5.32 Å². The fourth-order valence-electron chi connectivity index (χ4n) is 0.970. The van der Waals surface area contributed by atoms with E-state index >= 15 is 0 Å². The second-order valence-corrected chi connectivity index (χ2v) is 7.06. The van der Waals surface area contributed by atoms with Crippen LogP contribution < -0.4 is 5.32 Å². The van der Waals surface area contributed by atoms with Crippen molar-refractivity contribution >= 4 is 26.5 Å². The molecule has 0 aliphatic carbocycles. The Morgan fingerprint density at radius 3 is 2.47 bits per heavy atom. The molecule has 1 atom stereocenters. The monoisotopic (exact) mass is 307 g/mol. The van der Waals surface area contributed by atoms with Crippen molar-refractivity contribution in [2.24, 2.45) is 0 Å². The molecular formula is C11H22AsNO4. The van der Waals surface area contributed by atoms with Gasteiger partial charge in [-0.05, 0) is 0 Å². The van der Waals surface area contributed by atoms with Gasteiger partial charge >= 0.3 is 109 Å². The van der Waals surface area contributed by atoms with E-state index in [1.807, 2.05) is 20.8 Å². The van der Waals surface area contributed by atoms with Crippen molar-refractivity contribution in [3.8, 4) is 0 Å². The van der Waals surface area contributed by atoms with E-state index in [1.54, 1.807) is 6.92 Å². The summed E-state index contributed by atoms with van der Waals surface area (Å²) in [5.74, 6) is -0.259. The third-order valence-electron chi connectivity index (χ3n) is 1.54. The van der Waals surface area contributed by atoms with E-state index < -0.39 is 21.4 Å². The summed E-state index contributed by atoms with van der Waals surface area (Å²) in [6, 6.07) is 0. The number of ether oxygens (including phenoxy) is 2. The summed E-state index contributed by atoms with van der Waals surface area (Å²) >= 11 is -0.753. The number of carbonyl (C=O) groups excluding carboxylic acids is 2. The summed E-state index contributed by atoms with van der Waals surface area (Å²) in [7, 11) is 0. The van der Waals surface area contributed by atoms with E-state index in [0.29, 0.717) is 13.2 Å². The van der Waals surface area contributed by atoms with Crippen molar-refractivity contribution in [3.05, 3.63) is 0 Å². The van der Waals surface area contributed by atoms with Crippen molar-refractivity contribution in [2.45, 2.75) is 38.5 Å². The third-order valence-corrected chi connectivity index (χ3v) is 3.41. The van der Waals surface area contributed by atoms with Crippen LogP contribution in [0.4, 0.5) is 4.79 Å². The molecule has 0 aromatic heterocycles. The van der Waals surface area contributed by atoms with Crippen molar-refractivity contribution < 1.29 is 19.1 Å². The van der Waals surface area contributed by atoms with E-state index in [-0.39, 0.29) is 17.3 Å². The van der Waals surface area contributed by atoms with Crippen LogP contribution in [0.1, 0.15) is 27.7 Å². The average Bonchev–Trinajstić information content (AvgIpc) is 2.14. The number of nitrogens with one attached hydrogen (secondary N) is 1. The second kappa shape index (κ2) is 8.53. The number of rotatable bonds is 7. The van der Waals surface area contributed by atoms with Gasteiger partial charge in [-0.15, -0.1) is 0 Å². The zero-order valence-corrected chi connectivity index (χ0v) is 13.1. The predicted octanol–water partition coefficient (Wildman–Crippen LogP) is 0.929. The molecule has 0 aromatic rings. The molecule has 0 bridgehead atoms. The first kappa shape index (κ1) is 16.5. The molecule has 0 amide bonds. The van der Waals surface area contributed by atoms with Crippen LogP contribution in [0.3, 0.4) is 0 Å². The van der Waals surface area contributed by atoms with Crippen LogP contribution in [0.25, 0.3) is 0 Å². The molecule has 17 heavy (non-hydrogen) atoms. The van der Waals surface area contributed by atoms with Gasteiger partial charge in [0.2, 0.25) is 0 Å². The molecule has 0 aliphatic heterocycles. The zero-order valence-electron chi connectivity index (χ0n) is 11.0. The molecule has 0 saturated carbocycles. The van der Waals surface area contributed by atoms with E-state index in [2.05, 4.69) is 5.32 Å². The molecule has 5 nitrogen and oxygen atoms in total. The summed E-state index contributed by atoms with van der Waals surface area (Å²) in [6.07, 6.45) is 0. The molecule has 1 N–H and O–H groups in total. The van der Waals surface area contributed by atoms with Gasteiger partial charge in [0.15, 0.2) is 0 Å². The summed E-state index contributed by atoms with van der Waals surface area (Å²) in [5.41, 5.74) is -0.404. The van der Waals surface area contributed by atoms with Crippen LogP contribution in [0.2, 0.25) is 5.21 Å². The van der Waals surface area contributed by atoms with Crippen LogP contribution >= 0.6 is 0 Å². The van der Waals surface area contributed by atoms with Gasteiger partial charge in [0.1, 0.15) is 0 Å². The fourth-order valence-corrected chi connectivity index (χ4v) is 2.82. The molecule has 0 radical (unpaired) electrons. The Kier molecular flexibility index (Phi) is 8.26. The predicted molar refractivity (Wildman–Crippen MR) is 67.7 cm³/mol. The van der Waals surface area contributed by atoms with Crippen LogP contribution in [0.15, 0.2) is 0 Å². The first-order chi connectivity index (χ1) is 7.85. The molecule has 100 valence electrons. The molecule has 0 rings (SSSR count). The van der Waals surface area contributed by atoms with Crippen molar-refractivity contribution in [2.75, 3.05) is 19.7 Å². The number of esters is 1. The average molecular weight is 307 g/mol. The molecule has 1 unspecified atom stereocenters. The van der Waals surface area contributed by atoms with Gasteiger partial charge in [-0.1, -0.05) is 0 Å². The first-order valence-corrected chi connectivity index (χ1v) is 8.21. The molecule has 0 heterocycles. The van der Waals surface area contributed by atoms with Crippen LogP contribution in [-0.4, -0.2) is 51.8 Å². The minimum absolute atomic E-state index is 0.0876. The number of carbonyl (C=O) groups is 2. The maximum absolute atomic E-state index is 11.4. The molecule has 0 aromatic carbocycles. The Labute approximate surface area is 109 Å². The number of hydrogen-bond donors (Lipinski definition) is 1. The fraction of sp³-hybridized carbons (Fsp3) is 0.818. The van der Waals surface area contributed by atoms with E-state index in [4.69, 9.17) is 9.47 Å². The topological polar surface area (TPSA) is 64.6 Å². The molecular weight excluding hydrogens is 285 g/mol. The normalized spacial score (nSPS) is 11.8. The quantitative estimate of drug-likeness (QED) is 0.431. The summed E-state index contributed by atoms with van der Waals surface area (Å²) < 4.78 is 9.87. The van der Waals surface area contributed by atoms with Gasteiger partial charge in [0.25, 0.3) is 0 Å². The Balaban J connectivity index is 3.46. The first-order valence-electron chi connectivity index (χ1n) is 5.68. The third kappa shape index (κ3) is 11.7. The SMILES string of the molecule is CCOC(=O)CNCC[AsH]C(=O)OC(C)(C)C. The van der Waals surface area contributed by atoms with Crippen LogP contribution in [-0.2, 0) is 14.3 Å². The molecule has 0 aliphatic rings. The number of hydrogen-bond acceptors (Lipinski definition) is 5. The Bertz CT molecular complexity index is 250. The summed E-state index contributed by atoms with van der Waals surface area (Å²) in [6.45, 7) is 8.59. The van der Waals surface area contributed by atoms with Gasteiger partial charge < -0.3 is 0 Å². The van der Waals surface area contributed by atoms with Gasteiger partial charge in [-0.2, -0.15) is 0 Å². The van der Waals surface area contributed by atoms with Gasteiger partial charge in [-0.3, -0.25) is 0 Å². The zero-order chi connectivity index (χ0) is 13.3. The van der Waals surface area contributed by atoms with Crippen molar-refractivity contribution in [3.63, 3.8) is 0 Å². The van der Waals surface area contributed by atoms with E-state index in [9.17, 15) is 9.59 Å². The van der Waals surface area contributed by atoms with E-state index in [1.165, 1.54) is 0 Å². The Hall–Kier alpha value is -0.542. The molecule has 6 heteroatoms. The van der Waals surface area contributed by atoms with Crippen LogP contribution in [0, 0.1) is 0 Å². The summed E-state index contributed by atoms with van der Waals surface area (Å²) in [5, 5.41) is 3.71. The molecule has 0 spiro atoms. The van der Waals surface area contributed by atoms with Gasteiger partial charge in [-0.25, -0.2) is 0 Å². The van der Waals surface area contributed by atoms with E-state index in [0.717, 1.165) is 5.21 Å². The Morgan fingerprint density at radius 2 is 1.94 bits per heavy atom. The maximum atomic E-state index is 11.4.